The van der Waals surface area contributed by atoms with E-state index in [0.717, 1.165) is 5.82 Å². The minimum absolute atomic E-state index is 0.0723. The molecule has 1 aromatic heterocycles. The lowest BCUT2D eigenvalue weighted by Gasteiger charge is -2.13. The predicted octanol–water partition coefficient (Wildman–Crippen LogP) is 3.16. The maximum atomic E-state index is 14.5. The number of hydrogen-bond acceptors (Lipinski definition) is 4. The fraction of sp³-hybridized carbons (Fsp3) is 0.188. The van der Waals surface area contributed by atoms with E-state index in [-0.39, 0.29) is 22.8 Å². The van der Waals surface area contributed by atoms with Crippen LogP contribution in [0, 0.1) is 12.2 Å². The molecule has 0 atom stereocenters. The lowest BCUT2D eigenvalue weighted by atomic mass is 10.1. The highest BCUT2D eigenvalue weighted by Crippen LogP contribution is 2.34. The Morgan fingerprint density at radius 2 is 2.13 bits per heavy atom. The zero-order chi connectivity index (χ0) is 17.0. The van der Waals surface area contributed by atoms with Gasteiger partial charge in [-0.25, -0.2) is 9.37 Å². The molecule has 1 heterocycles. The van der Waals surface area contributed by atoms with Gasteiger partial charge in [0.25, 0.3) is 0 Å². The van der Waals surface area contributed by atoms with Crippen LogP contribution in [0.4, 0.5) is 10.2 Å². The van der Waals surface area contributed by atoms with E-state index in [2.05, 4.69) is 4.98 Å². The van der Waals surface area contributed by atoms with Crippen molar-refractivity contribution in [2.75, 3.05) is 19.0 Å². The van der Waals surface area contributed by atoms with Crippen LogP contribution in [-0.4, -0.2) is 25.0 Å². The summed E-state index contributed by atoms with van der Waals surface area (Å²) in [7, 11) is 3.72. The van der Waals surface area contributed by atoms with Crippen molar-refractivity contribution >= 4 is 23.3 Å². The maximum absolute atomic E-state index is 14.5. The van der Waals surface area contributed by atoms with E-state index in [1.807, 2.05) is 19.0 Å². The number of benzene rings is 1. The average molecular weight is 337 g/mol. The van der Waals surface area contributed by atoms with E-state index in [9.17, 15) is 9.18 Å². The summed E-state index contributed by atoms with van der Waals surface area (Å²) in [5, 5.41) is 0.121. The van der Waals surface area contributed by atoms with Gasteiger partial charge in [-0.3, -0.25) is 4.79 Å². The van der Waals surface area contributed by atoms with E-state index < -0.39 is 11.7 Å². The first-order valence-corrected chi connectivity index (χ1v) is 7.17. The molecule has 2 N–H and O–H groups in total. The minimum atomic E-state index is -0.657. The van der Waals surface area contributed by atoms with Crippen LogP contribution in [0.1, 0.15) is 12.0 Å². The Hall–Kier alpha value is -2.34. The number of hydrogen-bond donors (Lipinski definition) is 1. The van der Waals surface area contributed by atoms with Crippen molar-refractivity contribution in [1.82, 2.24) is 4.98 Å². The monoisotopic (exact) mass is 336 g/mol. The minimum Gasteiger partial charge on any atom is -0.451 e. The topological polar surface area (TPSA) is 68.5 Å². The zero-order valence-electron chi connectivity index (χ0n) is 12.7. The molecule has 1 aromatic carbocycles. The van der Waals surface area contributed by atoms with Crippen molar-refractivity contribution in [1.29, 1.82) is 0 Å². The molecule has 1 radical (unpaired) electrons. The summed E-state index contributed by atoms with van der Waals surface area (Å²) in [4.78, 5) is 16.8. The molecule has 0 aliphatic heterocycles. The summed E-state index contributed by atoms with van der Waals surface area (Å²) in [5.74, 6) is -0.235. The summed E-state index contributed by atoms with van der Waals surface area (Å²) in [5.41, 5.74) is 5.25. The number of amides is 1. The van der Waals surface area contributed by atoms with Crippen molar-refractivity contribution in [3.05, 3.63) is 53.3 Å². The quantitative estimate of drug-likeness (QED) is 0.879. The molecule has 0 fully saturated rings. The Labute approximate surface area is 138 Å². The smallest absolute Gasteiger partial charge is 0.218 e. The largest absolute Gasteiger partial charge is 0.451 e. The van der Waals surface area contributed by atoms with Gasteiger partial charge in [-0.05, 0) is 23.8 Å². The highest BCUT2D eigenvalue weighted by Gasteiger charge is 2.16. The van der Waals surface area contributed by atoms with Gasteiger partial charge in [-0.15, -0.1) is 0 Å². The molecular weight excluding hydrogens is 321 g/mol. The Bertz CT molecular complexity index is 705. The van der Waals surface area contributed by atoms with Crippen LogP contribution in [0.25, 0.3) is 0 Å². The van der Waals surface area contributed by atoms with Crippen molar-refractivity contribution in [2.45, 2.75) is 6.42 Å². The molecule has 0 unspecified atom stereocenters. The van der Waals surface area contributed by atoms with Gasteiger partial charge in [0, 0.05) is 26.9 Å². The van der Waals surface area contributed by atoms with Crippen LogP contribution in [0.3, 0.4) is 0 Å². The SMILES string of the molecule is CN(C)c1ccc(Oc2c(Cl)ccc([CH]CC(N)=O)c2F)cn1. The molecule has 7 heteroatoms. The fourth-order valence-electron chi connectivity index (χ4n) is 1.82. The predicted molar refractivity (Wildman–Crippen MR) is 87.3 cm³/mol. The van der Waals surface area contributed by atoms with Crippen molar-refractivity contribution in [2.24, 2.45) is 5.73 Å². The highest BCUT2D eigenvalue weighted by molar-refractivity contribution is 6.32. The first-order chi connectivity index (χ1) is 10.9. The molecule has 0 saturated heterocycles. The van der Waals surface area contributed by atoms with Crippen LogP contribution >= 0.6 is 11.6 Å². The lowest BCUT2D eigenvalue weighted by Crippen LogP contribution is -2.11. The number of anilines is 1. The molecule has 2 rings (SSSR count). The number of carbonyl (C=O) groups excluding carboxylic acids is 1. The molecule has 0 bridgehead atoms. The molecule has 0 spiro atoms. The molecule has 0 saturated carbocycles. The number of carbonyl (C=O) groups is 1. The molecule has 0 aliphatic rings. The van der Waals surface area contributed by atoms with Gasteiger partial charge in [0.15, 0.2) is 11.6 Å². The lowest BCUT2D eigenvalue weighted by molar-refractivity contribution is -0.117. The van der Waals surface area contributed by atoms with E-state index in [4.69, 9.17) is 22.1 Å². The van der Waals surface area contributed by atoms with Crippen LogP contribution in [0.5, 0.6) is 11.5 Å². The first-order valence-electron chi connectivity index (χ1n) is 6.79. The second kappa shape index (κ2) is 7.28. The molecule has 1 amide bonds. The van der Waals surface area contributed by atoms with Crippen LogP contribution in [0.2, 0.25) is 5.02 Å². The van der Waals surface area contributed by atoms with Gasteiger partial charge in [0.2, 0.25) is 5.91 Å². The van der Waals surface area contributed by atoms with Gasteiger partial charge < -0.3 is 15.4 Å². The van der Waals surface area contributed by atoms with E-state index in [1.54, 1.807) is 12.1 Å². The van der Waals surface area contributed by atoms with Gasteiger partial charge in [-0.1, -0.05) is 17.7 Å². The van der Waals surface area contributed by atoms with E-state index >= 15 is 0 Å². The van der Waals surface area contributed by atoms with Gasteiger partial charge in [0.1, 0.15) is 11.6 Å². The molecule has 5 nitrogen and oxygen atoms in total. The number of pyridine rings is 1. The number of halogens is 2. The van der Waals surface area contributed by atoms with E-state index in [1.165, 1.54) is 24.8 Å². The number of nitrogens with two attached hydrogens (primary N) is 1. The first kappa shape index (κ1) is 17.0. The second-order valence-electron chi connectivity index (χ2n) is 5.00. The van der Waals surface area contributed by atoms with Crippen LogP contribution < -0.4 is 15.4 Å². The van der Waals surface area contributed by atoms with Crippen LogP contribution in [0.15, 0.2) is 30.5 Å². The van der Waals surface area contributed by atoms with Gasteiger partial charge >= 0.3 is 0 Å². The highest BCUT2D eigenvalue weighted by atomic mass is 35.5. The third-order valence-corrected chi connectivity index (χ3v) is 3.30. The average Bonchev–Trinajstić information content (AvgIpc) is 2.51. The standard InChI is InChI=1S/C16H16ClFN3O2/c1-21(2)14-8-5-11(9-20-14)23-16-12(17)6-3-10(15(16)18)4-7-13(19)22/h3-6,8-9H,7H2,1-2H3,(H2,19,22). The van der Waals surface area contributed by atoms with Gasteiger partial charge in [-0.2, -0.15) is 0 Å². The summed E-state index contributed by atoms with van der Waals surface area (Å²) in [6.07, 6.45) is 2.79. The Morgan fingerprint density at radius 3 is 2.70 bits per heavy atom. The van der Waals surface area contributed by atoms with Gasteiger partial charge in [0.05, 0.1) is 11.2 Å². The summed E-state index contributed by atoms with van der Waals surface area (Å²) in [6, 6.07) is 6.36. The second-order valence-corrected chi connectivity index (χ2v) is 5.41. The number of rotatable bonds is 6. The number of aromatic nitrogens is 1. The van der Waals surface area contributed by atoms with Crippen molar-refractivity contribution in [3.8, 4) is 11.5 Å². The molecule has 23 heavy (non-hydrogen) atoms. The normalized spacial score (nSPS) is 10.4. The maximum Gasteiger partial charge on any atom is 0.218 e. The summed E-state index contributed by atoms with van der Waals surface area (Å²) < 4.78 is 20.0. The molecular formula is C16H16ClFN3O2. The van der Waals surface area contributed by atoms with Crippen molar-refractivity contribution in [3.63, 3.8) is 0 Å². The number of nitrogens with zero attached hydrogens (tertiary/aromatic N) is 2. The zero-order valence-corrected chi connectivity index (χ0v) is 13.5. The summed E-state index contributed by atoms with van der Waals surface area (Å²) in [6.45, 7) is 0. The Morgan fingerprint density at radius 1 is 1.39 bits per heavy atom. The summed E-state index contributed by atoms with van der Waals surface area (Å²) >= 11 is 6.00. The van der Waals surface area contributed by atoms with Crippen molar-refractivity contribution < 1.29 is 13.9 Å². The Balaban J connectivity index is 2.24. The molecule has 121 valence electrons. The third-order valence-electron chi connectivity index (χ3n) is 3.00. The Kier molecular flexibility index (Phi) is 5.39. The number of primary amides is 1. The number of ether oxygens (including phenoxy) is 1. The van der Waals surface area contributed by atoms with E-state index in [0.29, 0.717) is 5.75 Å². The van der Waals surface area contributed by atoms with Crippen LogP contribution in [-0.2, 0) is 4.79 Å². The fourth-order valence-corrected chi connectivity index (χ4v) is 2.01. The third kappa shape index (κ3) is 4.32. The molecule has 0 aliphatic carbocycles. The molecule has 2 aromatic rings.